The number of carbonyl (C=O) groups excluding carboxylic acids is 3. The van der Waals surface area contributed by atoms with Crippen molar-refractivity contribution >= 4 is 40.3 Å². The second kappa shape index (κ2) is 18.6. The van der Waals surface area contributed by atoms with E-state index in [-0.39, 0.29) is 41.4 Å². The zero-order valence-electron chi connectivity index (χ0n) is 35.3. The Labute approximate surface area is 366 Å². The molecule has 3 amide bonds. The number of imide groups is 1. The maximum atomic E-state index is 14.1. The highest BCUT2D eigenvalue weighted by Crippen LogP contribution is 2.31. The number of hydrogen-bond acceptors (Lipinski definition) is 12. The highest BCUT2D eigenvalue weighted by Gasteiger charge is 2.31. The zero-order valence-corrected chi connectivity index (χ0v) is 35.3. The maximum Gasteiger partial charge on any atom is 0.329 e. The Morgan fingerprint density at radius 2 is 1.83 bits per heavy atom. The van der Waals surface area contributed by atoms with Crippen molar-refractivity contribution in [1.82, 2.24) is 44.4 Å². The lowest BCUT2D eigenvalue weighted by Gasteiger charge is -2.33. The van der Waals surface area contributed by atoms with Crippen molar-refractivity contribution in [2.24, 2.45) is 13.0 Å². The third-order valence-electron chi connectivity index (χ3n) is 12.0. The fraction of sp³-hybridized carbons (Fsp3) is 0.400. The Bertz CT molecular complexity index is 2720. The van der Waals surface area contributed by atoms with E-state index in [9.17, 15) is 28.0 Å². The lowest BCUT2D eigenvalue weighted by atomic mass is 10.0. The summed E-state index contributed by atoms with van der Waals surface area (Å²) >= 11 is 0. The number of pyridine rings is 1. The molecule has 6 aromatic rings. The minimum Gasteiger partial charge on any atom is -0.444 e. The number of carbonyl (C=O) groups is 3. The summed E-state index contributed by atoms with van der Waals surface area (Å²) in [6.45, 7) is 5.16. The van der Waals surface area contributed by atoms with E-state index in [0.717, 1.165) is 55.7 Å². The van der Waals surface area contributed by atoms with E-state index in [2.05, 4.69) is 41.2 Å². The van der Waals surface area contributed by atoms with Gasteiger partial charge in [-0.25, -0.2) is 28.2 Å². The normalized spacial score (nSPS) is 18.2. The number of alkyl halides is 2. The number of nitrogens with zero attached hydrogens (tertiary/aromatic N) is 7. The monoisotopic (exact) mass is 877 g/mol. The van der Waals surface area contributed by atoms with Crippen LogP contribution >= 0.6 is 0 Å². The smallest absolute Gasteiger partial charge is 0.329 e. The molecule has 2 aromatic carbocycles. The van der Waals surface area contributed by atoms with Gasteiger partial charge in [0.2, 0.25) is 17.7 Å². The number of rotatable bonds is 17. The number of fused-ring (bicyclic) bond motifs is 1. The van der Waals surface area contributed by atoms with E-state index in [1.54, 1.807) is 42.1 Å². The van der Waals surface area contributed by atoms with E-state index in [4.69, 9.17) is 9.15 Å². The van der Waals surface area contributed by atoms with Crippen LogP contribution in [0.3, 0.4) is 0 Å². The first-order valence-corrected chi connectivity index (χ1v) is 21.6. The lowest BCUT2D eigenvalue weighted by molar-refractivity contribution is -0.135. The number of aryl methyl sites for hydroxylation is 2. The molecule has 1 aliphatic carbocycles. The molecule has 4 N–H and O–H groups in total. The molecular formula is C45H49F2N11O6. The second-order valence-electron chi connectivity index (χ2n) is 16.6. The van der Waals surface area contributed by atoms with E-state index < -0.39 is 30.0 Å². The van der Waals surface area contributed by atoms with Crippen molar-refractivity contribution < 1.29 is 32.3 Å². The molecule has 334 valence electrons. The second-order valence-corrected chi connectivity index (χ2v) is 16.6. The SMILES string of the molecule is Cn1c(=O)n(C2CCC(=O)NC2=O)c2ccc(CCCN3CCO[C@@H](CNCc4ccc(-n5cc(NC(=O)c6coc(-c7ccnc(NCC8CC8)c7)n6)c(C(F)F)n5)cc4)C3)cc21. The molecule has 6 heterocycles. The number of ether oxygens (including phenoxy) is 1. The predicted molar refractivity (Wildman–Crippen MR) is 232 cm³/mol. The third-order valence-corrected chi connectivity index (χ3v) is 12.0. The summed E-state index contributed by atoms with van der Waals surface area (Å²) in [6.07, 6.45) is 5.85. The minimum absolute atomic E-state index is 0.00246. The molecular weight excluding hydrogens is 829 g/mol. The van der Waals surface area contributed by atoms with Crippen LogP contribution in [0.1, 0.15) is 71.9 Å². The van der Waals surface area contributed by atoms with Crippen LogP contribution in [-0.4, -0.2) is 96.9 Å². The number of aromatic nitrogens is 6. The molecule has 0 bridgehead atoms. The van der Waals surface area contributed by atoms with Gasteiger partial charge in [0.05, 0.1) is 41.3 Å². The summed E-state index contributed by atoms with van der Waals surface area (Å²) in [5.74, 6) is 0.0537. The molecule has 3 fully saturated rings. The Kier molecular flexibility index (Phi) is 12.4. The molecule has 0 radical (unpaired) electrons. The summed E-state index contributed by atoms with van der Waals surface area (Å²) in [5.41, 5.74) is 3.61. The highest BCUT2D eigenvalue weighted by molar-refractivity contribution is 6.03. The Balaban J connectivity index is 0.740. The molecule has 0 spiro atoms. The molecule has 3 aliphatic rings. The van der Waals surface area contributed by atoms with Gasteiger partial charge in [0.25, 0.3) is 12.3 Å². The molecule has 2 saturated heterocycles. The van der Waals surface area contributed by atoms with Gasteiger partial charge in [0.15, 0.2) is 11.4 Å². The quantitative estimate of drug-likeness (QED) is 0.0899. The Morgan fingerprint density at radius 3 is 2.62 bits per heavy atom. The largest absolute Gasteiger partial charge is 0.444 e. The standard InChI is InChI=1S/C45H49F2N11O6/c1-55-37-19-27(8-11-35(37)58(45(55)62)36-12-13-39(59)53-43(36)61)3-2-16-56-17-18-63-32(24-56)23-48-21-28-6-9-31(10-7-28)57-25-33(40(54-57)41(46)47)51-42(60)34-26-64-44(52-34)30-14-15-49-38(20-30)50-22-29-4-5-29/h6-11,14-15,19-20,25-26,29,32,36,41,48H,2-5,12-13,16-18,21-24H2,1H3,(H,49,50)(H,51,60)(H,53,59,61)/t32-,36?/m0/s1. The number of morpholine rings is 1. The molecule has 2 aliphatic heterocycles. The van der Waals surface area contributed by atoms with E-state index >= 15 is 0 Å². The summed E-state index contributed by atoms with van der Waals surface area (Å²) in [5, 5.41) is 15.7. The van der Waals surface area contributed by atoms with Gasteiger partial charge in [-0.3, -0.25) is 33.7 Å². The van der Waals surface area contributed by atoms with E-state index in [1.807, 2.05) is 30.3 Å². The average Bonchev–Trinajstić information content (AvgIpc) is 3.71. The summed E-state index contributed by atoms with van der Waals surface area (Å²) < 4.78 is 44.2. The molecule has 4 aromatic heterocycles. The predicted octanol–water partition coefficient (Wildman–Crippen LogP) is 4.99. The number of anilines is 2. The van der Waals surface area contributed by atoms with Gasteiger partial charge < -0.3 is 25.1 Å². The molecule has 17 nitrogen and oxygen atoms in total. The van der Waals surface area contributed by atoms with Crippen LogP contribution in [0.25, 0.3) is 28.2 Å². The Morgan fingerprint density at radius 1 is 1.00 bits per heavy atom. The molecule has 9 rings (SSSR count). The van der Waals surface area contributed by atoms with Gasteiger partial charge in [0, 0.05) is 58.0 Å². The number of imidazole rings is 1. The number of oxazole rings is 1. The van der Waals surface area contributed by atoms with Crippen LogP contribution in [0, 0.1) is 5.92 Å². The summed E-state index contributed by atoms with van der Waals surface area (Å²) in [7, 11) is 1.70. The molecule has 64 heavy (non-hydrogen) atoms. The summed E-state index contributed by atoms with van der Waals surface area (Å²) in [4.78, 5) is 61.5. The zero-order chi connectivity index (χ0) is 44.3. The molecule has 1 unspecified atom stereocenters. The topological polar surface area (TPSA) is 195 Å². The first-order valence-electron chi connectivity index (χ1n) is 21.6. The number of halogens is 2. The molecule has 2 atom stereocenters. The number of nitrogens with one attached hydrogen (secondary N) is 4. The van der Waals surface area contributed by atoms with Crippen molar-refractivity contribution in [3.8, 4) is 17.1 Å². The van der Waals surface area contributed by atoms with Gasteiger partial charge in [-0.15, -0.1) is 0 Å². The van der Waals surface area contributed by atoms with Crippen LogP contribution in [-0.2, 0) is 34.3 Å². The van der Waals surface area contributed by atoms with Gasteiger partial charge in [-0.1, -0.05) is 18.2 Å². The number of piperidine rings is 1. The number of benzene rings is 2. The highest BCUT2D eigenvalue weighted by atomic mass is 19.3. The van der Waals surface area contributed by atoms with Crippen molar-refractivity contribution in [2.45, 2.75) is 63.6 Å². The van der Waals surface area contributed by atoms with E-state index in [1.165, 1.54) is 34.6 Å². The van der Waals surface area contributed by atoms with Gasteiger partial charge in [0.1, 0.15) is 18.1 Å². The van der Waals surface area contributed by atoms with Crippen LogP contribution in [0.2, 0.25) is 0 Å². The fourth-order valence-corrected chi connectivity index (χ4v) is 8.26. The van der Waals surface area contributed by atoms with Crippen molar-refractivity contribution in [3.05, 3.63) is 106 Å². The average molecular weight is 878 g/mol. The Hall–Kier alpha value is -6.57. The fourth-order valence-electron chi connectivity index (χ4n) is 8.26. The summed E-state index contributed by atoms with van der Waals surface area (Å²) in [6, 6.07) is 16.0. The first kappa shape index (κ1) is 42.7. The lowest BCUT2D eigenvalue weighted by Crippen LogP contribution is -2.46. The van der Waals surface area contributed by atoms with Gasteiger partial charge >= 0.3 is 5.69 Å². The van der Waals surface area contributed by atoms with Crippen LogP contribution in [0.5, 0.6) is 0 Å². The third kappa shape index (κ3) is 9.65. The van der Waals surface area contributed by atoms with Gasteiger partial charge in [-0.2, -0.15) is 5.10 Å². The number of amides is 3. The van der Waals surface area contributed by atoms with Gasteiger partial charge in [-0.05, 0) is 92.1 Å². The first-order chi connectivity index (χ1) is 31.1. The van der Waals surface area contributed by atoms with Crippen LogP contribution in [0.15, 0.2) is 82.5 Å². The van der Waals surface area contributed by atoms with E-state index in [0.29, 0.717) is 54.6 Å². The van der Waals surface area contributed by atoms with Crippen LogP contribution in [0.4, 0.5) is 20.3 Å². The van der Waals surface area contributed by atoms with Crippen molar-refractivity contribution in [1.29, 1.82) is 0 Å². The number of hydrogen-bond donors (Lipinski definition) is 4. The van der Waals surface area contributed by atoms with Crippen LogP contribution < -0.4 is 27.0 Å². The molecule has 19 heteroatoms. The minimum atomic E-state index is -2.94. The van der Waals surface area contributed by atoms with Crippen molar-refractivity contribution in [3.63, 3.8) is 0 Å². The molecule has 1 saturated carbocycles. The van der Waals surface area contributed by atoms with Crippen molar-refractivity contribution in [2.75, 3.05) is 50.0 Å². The maximum absolute atomic E-state index is 14.1.